The number of hydrogen-bond donors (Lipinski definition) is 2. The Kier molecular flexibility index (Phi) is 3.59. The monoisotopic (exact) mass is 315 g/mol. The third-order valence-electron chi connectivity index (χ3n) is 3.86. The topological polar surface area (TPSA) is 68.1 Å². The third kappa shape index (κ3) is 2.92. The SMILES string of the molecule is O=C1[N]c2cc(Nc3ccccc3)c(Cc3cccnc3)cc2N1. The molecule has 1 aromatic heterocycles. The van der Waals surface area contributed by atoms with Crippen LogP contribution in [0.4, 0.5) is 27.5 Å². The first kappa shape index (κ1) is 14.3. The zero-order valence-corrected chi connectivity index (χ0v) is 12.9. The predicted octanol–water partition coefficient (Wildman–Crippen LogP) is 4.20. The summed E-state index contributed by atoms with van der Waals surface area (Å²) in [5, 5.41) is 10.2. The van der Waals surface area contributed by atoms with E-state index >= 15 is 0 Å². The highest BCUT2D eigenvalue weighted by molar-refractivity contribution is 6.03. The van der Waals surface area contributed by atoms with Gasteiger partial charge in [-0.15, -0.1) is 0 Å². The summed E-state index contributed by atoms with van der Waals surface area (Å²) in [6, 6.07) is 17.4. The van der Waals surface area contributed by atoms with E-state index in [2.05, 4.69) is 20.9 Å². The van der Waals surface area contributed by atoms with E-state index in [4.69, 9.17) is 0 Å². The summed E-state index contributed by atoms with van der Waals surface area (Å²) in [6.07, 6.45) is 4.32. The molecule has 2 aromatic carbocycles. The number of rotatable bonds is 4. The number of hydrogen-bond acceptors (Lipinski definition) is 3. The van der Waals surface area contributed by atoms with Gasteiger partial charge in [-0.2, -0.15) is 5.32 Å². The fraction of sp³-hybridized carbons (Fsp3) is 0.0526. The van der Waals surface area contributed by atoms with Gasteiger partial charge in [0, 0.05) is 30.2 Å². The minimum atomic E-state index is -0.325. The van der Waals surface area contributed by atoms with Crippen LogP contribution < -0.4 is 16.0 Å². The number of pyridine rings is 1. The molecule has 1 radical (unpaired) electrons. The second kappa shape index (κ2) is 6.04. The number of para-hydroxylation sites is 1. The van der Waals surface area contributed by atoms with Crippen molar-refractivity contribution in [3.8, 4) is 0 Å². The first-order chi connectivity index (χ1) is 11.8. The summed E-state index contributed by atoms with van der Waals surface area (Å²) in [4.78, 5) is 15.7. The standard InChI is InChI=1S/C19H15N4O/c24-19-22-17-10-14(9-13-5-4-8-20-12-13)16(11-18(17)23-19)21-15-6-2-1-3-7-15/h1-8,10-12,21H,9H2,(H,22,24). The summed E-state index contributed by atoms with van der Waals surface area (Å²) in [7, 11) is 0. The number of benzene rings is 2. The van der Waals surface area contributed by atoms with E-state index in [0.717, 1.165) is 28.2 Å². The van der Waals surface area contributed by atoms with Crippen LogP contribution in [0.1, 0.15) is 11.1 Å². The average Bonchev–Trinajstić information content (AvgIpc) is 2.96. The zero-order valence-electron chi connectivity index (χ0n) is 12.9. The molecule has 117 valence electrons. The Morgan fingerprint density at radius 1 is 1.04 bits per heavy atom. The van der Waals surface area contributed by atoms with Crippen molar-refractivity contribution in [3.63, 3.8) is 0 Å². The lowest BCUT2D eigenvalue weighted by molar-refractivity contribution is 0.256. The molecule has 0 saturated heterocycles. The van der Waals surface area contributed by atoms with Crippen LogP contribution in [-0.4, -0.2) is 11.0 Å². The van der Waals surface area contributed by atoms with E-state index in [1.165, 1.54) is 0 Å². The maximum Gasteiger partial charge on any atom is 0.346 e. The smallest absolute Gasteiger partial charge is 0.346 e. The number of carbonyl (C=O) groups excluding carboxylic acids is 1. The van der Waals surface area contributed by atoms with Crippen molar-refractivity contribution in [1.29, 1.82) is 0 Å². The lowest BCUT2D eigenvalue weighted by Crippen LogP contribution is -2.08. The molecule has 3 aromatic rings. The molecular weight excluding hydrogens is 300 g/mol. The number of fused-ring (bicyclic) bond motifs is 1. The Bertz CT molecular complexity index is 806. The normalized spacial score (nSPS) is 12.2. The van der Waals surface area contributed by atoms with E-state index < -0.39 is 0 Å². The maximum absolute atomic E-state index is 11.5. The first-order valence-corrected chi connectivity index (χ1v) is 7.68. The van der Waals surface area contributed by atoms with Crippen molar-refractivity contribution >= 4 is 28.8 Å². The van der Waals surface area contributed by atoms with Crippen LogP contribution in [0.25, 0.3) is 0 Å². The zero-order chi connectivity index (χ0) is 16.4. The molecule has 0 atom stereocenters. The molecule has 0 unspecified atom stereocenters. The molecule has 0 bridgehead atoms. The van der Waals surface area contributed by atoms with Crippen LogP contribution in [0.3, 0.4) is 0 Å². The number of urea groups is 1. The van der Waals surface area contributed by atoms with Crippen LogP contribution in [-0.2, 0) is 6.42 Å². The minimum Gasteiger partial charge on any atom is -0.355 e. The molecule has 0 fully saturated rings. The Labute approximate surface area is 139 Å². The summed E-state index contributed by atoms with van der Waals surface area (Å²) in [5.41, 5.74) is 5.51. The number of carbonyl (C=O) groups is 1. The van der Waals surface area contributed by atoms with Gasteiger partial charge in [-0.1, -0.05) is 24.3 Å². The molecule has 5 heteroatoms. The van der Waals surface area contributed by atoms with Crippen LogP contribution in [0.2, 0.25) is 0 Å². The molecule has 5 nitrogen and oxygen atoms in total. The molecule has 1 aliphatic rings. The van der Waals surface area contributed by atoms with Gasteiger partial charge >= 0.3 is 6.03 Å². The van der Waals surface area contributed by atoms with Crippen molar-refractivity contribution in [2.75, 3.05) is 10.6 Å². The van der Waals surface area contributed by atoms with Gasteiger partial charge < -0.3 is 10.6 Å². The van der Waals surface area contributed by atoms with Gasteiger partial charge in [-0.25, -0.2) is 4.79 Å². The lowest BCUT2D eigenvalue weighted by atomic mass is 10.0. The lowest BCUT2D eigenvalue weighted by Gasteiger charge is -2.14. The Balaban J connectivity index is 1.72. The number of amides is 2. The molecule has 2 amide bonds. The van der Waals surface area contributed by atoms with E-state index in [0.29, 0.717) is 12.1 Å². The largest absolute Gasteiger partial charge is 0.355 e. The Morgan fingerprint density at radius 2 is 1.92 bits per heavy atom. The third-order valence-corrected chi connectivity index (χ3v) is 3.86. The molecule has 0 saturated carbocycles. The molecule has 2 heterocycles. The molecule has 24 heavy (non-hydrogen) atoms. The quantitative estimate of drug-likeness (QED) is 0.758. The highest BCUT2D eigenvalue weighted by Crippen LogP contribution is 2.35. The number of aromatic nitrogens is 1. The van der Waals surface area contributed by atoms with Crippen molar-refractivity contribution in [3.05, 3.63) is 78.1 Å². The molecular formula is C19H15N4O. The van der Waals surface area contributed by atoms with E-state index in [1.807, 2.05) is 60.8 Å². The first-order valence-electron chi connectivity index (χ1n) is 7.68. The van der Waals surface area contributed by atoms with Crippen molar-refractivity contribution < 1.29 is 4.79 Å². The molecule has 4 rings (SSSR count). The van der Waals surface area contributed by atoms with Gasteiger partial charge in [0.05, 0.1) is 11.4 Å². The molecule has 1 aliphatic heterocycles. The van der Waals surface area contributed by atoms with Crippen molar-refractivity contribution in [2.24, 2.45) is 0 Å². The average molecular weight is 315 g/mol. The summed E-state index contributed by atoms with van der Waals surface area (Å²) < 4.78 is 0. The summed E-state index contributed by atoms with van der Waals surface area (Å²) >= 11 is 0. The van der Waals surface area contributed by atoms with Crippen LogP contribution >= 0.6 is 0 Å². The van der Waals surface area contributed by atoms with Gasteiger partial charge in [0.15, 0.2) is 0 Å². The predicted molar refractivity (Wildman–Crippen MR) is 94.0 cm³/mol. The second-order valence-electron chi connectivity index (χ2n) is 5.60. The van der Waals surface area contributed by atoms with Crippen molar-refractivity contribution in [2.45, 2.75) is 6.42 Å². The molecule has 0 spiro atoms. The van der Waals surface area contributed by atoms with Crippen molar-refractivity contribution in [1.82, 2.24) is 10.3 Å². The summed E-state index contributed by atoms with van der Waals surface area (Å²) in [6.45, 7) is 0. The van der Waals surface area contributed by atoms with Gasteiger partial charge in [0.2, 0.25) is 0 Å². The number of anilines is 3. The minimum absolute atomic E-state index is 0.325. The van der Waals surface area contributed by atoms with Crippen LogP contribution in [0.15, 0.2) is 67.0 Å². The second-order valence-corrected chi connectivity index (χ2v) is 5.60. The van der Waals surface area contributed by atoms with Crippen LogP contribution in [0, 0.1) is 0 Å². The Morgan fingerprint density at radius 3 is 2.71 bits per heavy atom. The fourth-order valence-corrected chi connectivity index (χ4v) is 2.74. The van der Waals surface area contributed by atoms with Gasteiger partial charge in [0.25, 0.3) is 0 Å². The van der Waals surface area contributed by atoms with E-state index in [1.54, 1.807) is 6.20 Å². The van der Waals surface area contributed by atoms with Crippen LogP contribution in [0.5, 0.6) is 0 Å². The van der Waals surface area contributed by atoms with Gasteiger partial charge in [-0.05, 0) is 41.5 Å². The Hall–Kier alpha value is -3.34. The van der Waals surface area contributed by atoms with Gasteiger partial charge in [-0.3, -0.25) is 4.98 Å². The number of nitrogens with one attached hydrogen (secondary N) is 2. The maximum atomic E-state index is 11.5. The fourth-order valence-electron chi connectivity index (χ4n) is 2.74. The highest BCUT2D eigenvalue weighted by atomic mass is 16.2. The van der Waals surface area contributed by atoms with E-state index in [-0.39, 0.29) is 6.03 Å². The van der Waals surface area contributed by atoms with E-state index in [9.17, 15) is 4.79 Å². The summed E-state index contributed by atoms with van der Waals surface area (Å²) in [5.74, 6) is 0. The molecule has 2 N–H and O–H groups in total. The molecule has 0 aliphatic carbocycles. The number of nitrogens with zero attached hydrogens (tertiary/aromatic N) is 2. The highest BCUT2D eigenvalue weighted by Gasteiger charge is 2.21. The van der Waals surface area contributed by atoms with Gasteiger partial charge in [0.1, 0.15) is 0 Å².